The predicted molar refractivity (Wildman–Crippen MR) is 51.6 cm³/mol. The Labute approximate surface area is 80.9 Å². The average Bonchev–Trinajstić information content (AvgIpc) is 2.16. The Morgan fingerprint density at radius 3 is 2.46 bits per heavy atom. The average molecular weight is 184 g/mol. The second-order valence-corrected chi connectivity index (χ2v) is 3.02. The molecular formula is C9H17BO3. The molecule has 0 aliphatic carbocycles. The van der Waals surface area contributed by atoms with Gasteiger partial charge >= 0.3 is 0 Å². The van der Waals surface area contributed by atoms with Gasteiger partial charge in [-0.15, -0.1) is 0 Å². The normalized spacial score (nSPS) is 15.0. The molecule has 74 valence electrons. The van der Waals surface area contributed by atoms with E-state index in [1.807, 2.05) is 13.8 Å². The summed E-state index contributed by atoms with van der Waals surface area (Å²) in [7, 11) is 5.10. The summed E-state index contributed by atoms with van der Waals surface area (Å²) in [5, 5.41) is 9.32. The summed E-state index contributed by atoms with van der Waals surface area (Å²) < 4.78 is 5.00. The molecule has 0 spiro atoms. The van der Waals surface area contributed by atoms with Crippen molar-refractivity contribution in [3.05, 3.63) is 0 Å². The fourth-order valence-corrected chi connectivity index (χ4v) is 1.00. The SMILES string of the molecule is [B]CC(=O)OC(CC)CC(O)CC. The molecule has 2 unspecified atom stereocenters. The van der Waals surface area contributed by atoms with Gasteiger partial charge in [0.15, 0.2) is 0 Å². The molecule has 13 heavy (non-hydrogen) atoms. The van der Waals surface area contributed by atoms with E-state index in [-0.39, 0.29) is 12.4 Å². The summed E-state index contributed by atoms with van der Waals surface area (Å²) >= 11 is 0. The molecule has 0 fully saturated rings. The Morgan fingerprint density at radius 2 is 2.08 bits per heavy atom. The molecule has 1 N–H and O–H groups in total. The summed E-state index contributed by atoms with van der Waals surface area (Å²) in [6.07, 6.45) is 1.19. The van der Waals surface area contributed by atoms with E-state index in [1.165, 1.54) is 0 Å². The number of carbonyl (C=O) groups is 1. The molecular weight excluding hydrogens is 167 g/mol. The third kappa shape index (κ3) is 5.69. The van der Waals surface area contributed by atoms with Crippen molar-refractivity contribution in [2.75, 3.05) is 0 Å². The summed E-state index contributed by atoms with van der Waals surface area (Å²) in [5.41, 5.74) is 0. The number of aliphatic hydroxyl groups is 1. The zero-order valence-corrected chi connectivity index (χ0v) is 8.32. The van der Waals surface area contributed by atoms with Gasteiger partial charge in [-0.05, 0) is 12.8 Å². The van der Waals surface area contributed by atoms with Gasteiger partial charge in [-0.25, -0.2) is 0 Å². The summed E-state index contributed by atoms with van der Waals surface area (Å²) in [4.78, 5) is 10.8. The Bertz CT molecular complexity index is 150. The molecule has 0 bridgehead atoms. The minimum absolute atomic E-state index is 0.0985. The van der Waals surface area contributed by atoms with Crippen molar-refractivity contribution in [2.45, 2.75) is 51.6 Å². The van der Waals surface area contributed by atoms with Gasteiger partial charge in [0.2, 0.25) is 0 Å². The third-order valence-corrected chi connectivity index (χ3v) is 1.93. The van der Waals surface area contributed by atoms with E-state index in [2.05, 4.69) is 0 Å². The highest BCUT2D eigenvalue weighted by molar-refractivity contribution is 6.18. The molecule has 0 rings (SSSR count). The molecule has 0 aromatic rings. The highest BCUT2D eigenvalue weighted by Crippen LogP contribution is 2.10. The minimum atomic E-state index is -0.407. The molecule has 3 nitrogen and oxygen atoms in total. The van der Waals surface area contributed by atoms with Crippen LogP contribution < -0.4 is 0 Å². The van der Waals surface area contributed by atoms with Crippen LogP contribution in [0.5, 0.6) is 0 Å². The van der Waals surface area contributed by atoms with E-state index >= 15 is 0 Å². The van der Waals surface area contributed by atoms with E-state index in [4.69, 9.17) is 12.6 Å². The first kappa shape index (κ1) is 12.5. The fraction of sp³-hybridized carbons (Fsp3) is 0.889. The molecule has 4 heteroatoms. The molecule has 0 aliphatic rings. The van der Waals surface area contributed by atoms with Gasteiger partial charge in [0.1, 0.15) is 6.10 Å². The summed E-state index contributed by atoms with van der Waals surface area (Å²) in [5.74, 6) is -0.407. The maximum absolute atomic E-state index is 10.8. The monoisotopic (exact) mass is 184 g/mol. The van der Waals surface area contributed by atoms with Gasteiger partial charge in [-0.3, -0.25) is 4.79 Å². The van der Waals surface area contributed by atoms with Crippen LogP contribution in [0.15, 0.2) is 0 Å². The second-order valence-electron chi connectivity index (χ2n) is 3.02. The number of ether oxygens (including phenoxy) is 1. The molecule has 0 aliphatic heterocycles. The van der Waals surface area contributed by atoms with Crippen LogP contribution in [-0.4, -0.2) is 31.1 Å². The van der Waals surface area contributed by atoms with Crippen LogP contribution in [-0.2, 0) is 9.53 Å². The lowest BCUT2D eigenvalue weighted by molar-refractivity contribution is -0.147. The van der Waals surface area contributed by atoms with Gasteiger partial charge in [0, 0.05) is 12.7 Å². The molecule has 0 saturated carbocycles. The van der Waals surface area contributed by atoms with E-state index < -0.39 is 12.1 Å². The van der Waals surface area contributed by atoms with Crippen LogP contribution in [0, 0.1) is 0 Å². The maximum Gasteiger partial charge on any atom is 0.297 e. The number of esters is 1. The van der Waals surface area contributed by atoms with E-state index in [0.29, 0.717) is 19.3 Å². The minimum Gasteiger partial charge on any atom is -0.463 e. The largest absolute Gasteiger partial charge is 0.463 e. The van der Waals surface area contributed by atoms with Crippen LogP contribution >= 0.6 is 0 Å². The van der Waals surface area contributed by atoms with Crippen molar-refractivity contribution in [1.29, 1.82) is 0 Å². The predicted octanol–water partition coefficient (Wildman–Crippen LogP) is 1.06. The molecule has 0 saturated heterocycles. The van der Waals surface area contributed by atoms with E-state index in [1.54, 1.807) is 0 Å². The molecule has 0 heterocycles. The van der Waals surface area contributed by atoms with Crippen LogP contribution in [0.4, 0.5) is 0 Å². The summed E-state index contributed by atoms with van der Waals surface area (Å²) in [6.45, 7) is 3.80. The number of hydrogen-bond acceptors (Lipinski definition) is 3. The fourth-order valence-electron chi connectivity index (χ4n) is 1.00. The van der Waals surface area contributed by atoms with E-state index in [0.717, 1.165) is 0 Å². The standard InChI is InChI=1S/C9H17BO3/c1-3-7(11)5-8(4-2)13-9(12)6-10/h7-8,11H,3-6H2,1-2H3. The highest BCUT2D eigenvalue weighted by Gasteiger charge is 2.14. The smallest absolute Gasteiger partial charge is 0.297 e. The van der Waals surface area contributed by atoms with Crippen LogP contribution in [0.2, 0.25) is 6.32 Å². The molecule has 0 amide bonds. The lowest BCUT2D eigenvalue weighted by atomic mass is 10.0. The first-order valence-electron chi connectivity index (χ1n) is 4.71. The lowest BCUT2D eigenvalue weighted by Gasteiger charge is -2.18. The molecule has 0 aromatic heterocycles. The van der Waals surface area contributed by atoms with Crippen LogP contribution in [0.1, 0.15) is 33.1 Å². The Kier molecular flexibility index (Phi) is 6.68. The maximum atomic E-state index is 10.8. The van der Waals surface area contributed by atoms with Crippen molar-refractivity contribution in [3.8, 4) is 0 Å². The number of aliphatic hydroxyl groups excluding tert-OH is 1. The van der Waals surface area contributed by atoms with Gasteiger partial charge in [0.05, 0.1) is 14.0 Å². The van der Waals surface area contributed by atoms with Crippen molar-refractivity contribution in [2.24, 2.45) is 0 Å². The van der Waals surface area contributed by atoms with E-state index in [9.17, 15) is 9.90 Å². The molecule has 0 aromatic carbocycles. The van der Waals surface area contributed by atoms with Crippen LogP contribution in [0.25, 0.3) is 0 Å². The lowest BCUT2D eigenvalue weighted by Crippen LogP contribution is -2.22. The zero-order valence-electron chi connectivity index (χ0n) is 8.32. The quantitative estimate of drug-likeness (QED) is 0.495. The van der Waals surface area contributed by atoms with Crippen molar-refractivity contribution in [3.63, 3.8) is 0 Å². The molecule has 2 radical (unpaired) electrons. The Morgan fingerprint density at radius 1 is 1.46 bits per heavy atom. The van der Waals surface area contributed by atoms with Gasteiger partial charge in [0.25, 0.3) is 5.97 Å². The van der Waals surface area contributed by atoms with Crippen molar-refractivity contribution >= 4 is 13.8 Å². The number of carbonyl (C=O) groups excluding carboxylic acids is 1. The van der Waals surface area contributed by atoms with Crippen molar-refractivity contribution < 1.29 is 14.6 Å². The van der Waals surface area contributed by atoms with Crippen LogP contribution in [0.3, 0.4) is 0 Å². The Balaban J connectivity index is 3.81. The number of rotatable bonds is 6. The first-order chi connectivity index (χ1) is 6.13. The zero-order chi connectivity index (χ0) is 10.3. The highest BCUT2D eigenvalue weighted by atomic mass is 16.5. The Hall–Kier alpha value is -0.505. The summed E-state index contributed by atoms with van der Waals surface area (Å²) in [6, 6.07) is 0. The van der Waals surface area contributed by atoms with Crippen molar-refractivity contribution in [1.82, 2.24) is 0 Å². The molecule has 2 atom stereocenters. The van der Waals surface area contributed by atoms with Gasteiger partial charge in [-0.1, -0.05) is 13.8 Å². The topological polar surface area (TPSA) is 46.5 Å². The van der Waals surface area contributed by atoms with Gasteiger partial charge in [-0.2, -0.15) is 0 Å². The first-order valence-corrected chi connectivity index (χ1v) is 4.71. The number of hydrogen-bond donors (Lipinski definition) is 1. The third-order valence-electron chi connectivity index (χ3n) is 1.93. The van der Waals surface area contributed by atoms with Gasteiger partial charge < -0.3 is 9.84 Å². The second kappa shape index (κ2) is 6.95.